The lowest BCUT2D eigenvalue weighted by Crippen LogP contribution is -2.35. The van der Waals surface area contributed by atoms with Crippen LogP contribution in [0.3, 0.4) is 0 Å². The smallest absolute Gasteiger partial charge is 0.475 e. The summed E-state index contributed by atoms with van der Waals surface area (Å²) in [6, 6.07) is 21.6. The van der Waals surface area contributed by atoms with Crippen molar-refractivity contribution in [2.24, 2.45) is 0 Å². The Hall–Kier alpha value is -4.22. The molecule has 2 fully saturated rings. The molecule has 0 radical (unpaired) electrons. The molecule has 1 spiro atoms. The average molecular weight is 593 g/mol. The standard InChI is InChI=1S/C30H30N4O2.C2HF3O2/c1-2-19-6-9-26-24(15-19)30(29(35)31-26)17-25(30)21-7-8-23-27(16-21)32-33-28(23)22-5-3-4-20(14-22)18-34-10-12-36-13-11-34;3-2(4,5)1(6)7/h3-9,14-16,25H,2,10-13,17-18H2,1H3,(H,31,35)(H,32,33);(H,6,7). The molecular formula is C32H31F3N4O4. The van der Waals surface area contributed by atoms with Crippen molar-refractivity contribution in [2.75, 3.05) is 31.6 Å². The Morgan fingerprint density at radius 3 is 2.58 bits per heavy atom. The summed E-state index contributed by atoms with van der Waals surface area (Å²) in [5, 5.41) is 19.3. The van der Waals surface area contributed by atoms with E-state index in [1.54, 1.807) is 0 Å². The number of hydrogen-bond acceptors (Lipinski definition) is 5. The van der Waals surface area contributed by atoms with Crippen molar-refractivity contribution in [3.05, 3.63) is 82.9 Å². The van der Waals surface area contributed by atoms with Crippen LogP contribution in [0, 0.1) is 0 Å². The molecule has 7 rings (SSSR count). The lowest BCUT2D eigenvalue weighted by atomic mass is 9.90. The van der Waals surface area contributed by atoms with E-state index in [4.69, 9.17) is 19.7 Å². The van der Waals surface area contributed by atoms with Gasteiger partial charge >= 0.3 is 12.1 Å². The number of carbonyl (C=O) groups excluding carboxylic acids is 1. The van der Waals surface area contributed by atoms with Gasteiger partial charge in [-0.2, -0.15) is 18.3 Å². The summed E-state index contributed by atoms with van der Waals surface area (Å²) in [4.78, 5) is 24.4. The molecule has 3 aromatic carbocycles. The fourth-order valence-electron chi connectivity index (χ4n) is 6.17. The lowest BCUT2D eigenvalue weighted by Gasteiger charge is -2.26. The van der Waals surface area contributed by atoms with Crippen LogP contribution in [0.25, 0.3) is 22.2 Å². The van der Waals surface area contributed by atoms with E-state index in [9.17, 15) is 18.0 Å². The maximum atomic E-state index is 13.1. The Morgan fingerprint density at radius 1 is 1.09 bits per heavy atom. The highest BCUT2D eigenvalue weighted by Gasteiger charge is 2.65. The number of ether oxygens (including phenoxy) is 1. The fraction of sp³-hybridized carbons (Fsp3) is 0.344. The Morgan fingerprint density at radius 2 is 1.86 bits per heavy atom. The highest BCUT2D eigenvalue weighted by atomic mass is 19.4. The molecule has 1 aromatic heterocycles. The quantitative estimate of drug-likeness (QED) is 0.277. The minimum absolute atomic E-state index is 0.137. The van der Waals surface area contributed by atoms with Crippen molar-refractivity contribution < 1.29 is 32.6 Å². The summed E-state index contributed by atoms with van der Waals surface area (Å²) < 4.78 is 37.2. The van der Waals surface area contributed by atoms with Gasteiger partial charge in [-0.05, 0) is 53.3 Å². The number of morpholine rings is 1. The maximum absolute atomic E-state index is 13.1. The minimum Gasteiger partial charge on any atom is -0.475 e. The van der Waals surface area contributed by atoms with Crippen LogP contribution in [-0.4, -0.2) is 64.6 Å². The van der Waals surface area contributed by atoms with E-state index in [0.29, 0.717) is 0 Å². The maximum Gasteiger partial charge on any atom is 0.490 e. The molecule has 11 heteroatoms. The number of hydrogen-bond donors (Lipinski definition) is 3. The number of carboxylic acids is 1. The number of H-pyrrole nitrogens is 1. The number of nitrogens with one attached hydrogen (secondary N) is 2. The number of aliphatic carboxylic acids is 1. The van der Waals surface area contributed by atoms with Gasteiger partial charge in [-0.1, -0.05) is 49.4 Å². The van der Waals surface area contributed by atoms with Crippen LogP contribution >= 0.6 is 0 Å². The Bertz CT molecular complexity index is 1700. The van der Waals surface area contributed by atoms with Gasteiger partial charge in [0, 0.05) is 42.2 Å². The average Bonchev–Trinajstić information content (AvgIpc) is 3.52. The number of aromatic nitrogens is 2. The summed E-state index contributed by atoms with van der Waals surface area (Å²) in [6.07, 6.45) is -3.26. The molecule has 1 saturated heterocycles. The first-order chi connectivity index (χ1) is 20.6. The summed E-state index contributed by atoms with van der Waals surface area (Å²) in [6.45, 7) is 6.65. The molecule has 3 aliphatic rings. The Balaban J connectivity index is 0.000000423. The fourth-order valence-corrected chi connectivity index (χ4v) is 6.17. The molecule has 2 unspecified atom stereocenters. The van der Waals surface area contributed by atoms with Gasteiger partial charge in [0.15, 0.2) is 0 Å². The third-order valence-electron chi connectivity index (χ3n) is 8.53. The summed E-state index contributed by atoms with van der Waals surface area (Å²) in [5.74, 6) is -2.43. The number of aryl methyl sites for hydroxylation is 1. The second kappa shape index (κ2) is 11.1. The van der Waals surface area contributed by atoms with Crippen molar-refractivity contribution in [3.63, 3.8) is 0 Å². The first-order valence-corrected chi connectivity index (χ1v) is 14.2. The highest BCUT2D eigenvalue weighted by molar-refractivity contribution is 6.10. The third kappa shape index (κ3) is 5.50. The number of nitrogens with zero attached hydrogens (tertiary/aromatic N) is 2. The van der Waals surface area contributed by atoms with Gasteiger partial charge in [-0.15, -0.1) is 0 Å². The van der Waals surface area contributed by atoms with E-state index < -0.39 is 17.6 Å². The zero-order chi connectivity index (χ0) is 30.4. The second-order valence-corrected chi connectivity index (χ2v) is 11.2. The molecule has 1 saturated carbocycles. The molecule has 3 heterocycles. The molecule has 1 aliphatic carbocycles. The van der Waals surface area contributed by atoms with E-state index in [1.807, 2.05) is 0 Å². The number of fused-ring (bicyclic) bond motifs is 3. The van der Waals surface area contributed by atoms with Gasteiger partial charge in [0.2, 0.25) is 5.91 Å². The van der Waals surface area contributed by atoms with Crippen LogP contribution in [0.15, 0.2) is 60.7 Å². The molecule has 0 bridgehead atoms. The molecular weight excluding hydrogens is 561 g/mol. The number of anilines is 1. The molecule has 1 amide bonds. The monoisotopic (exact) mass is 592 g/mol. The number of amides is 1. The van der Waals surface area contributed by atoms with E-state index in [0.717, 1.165) is 73.5 Å². The van der Waals surface area contributed by atoms with Crippen molar-refractivity contribution in [2.45, 2.75) is 43.8 Å². The first-order valence-electron chi connectivity index (χ1n) is 14.2. The second-order valence-electron chi connectivity index (χ2n) is 11.2. The first kappa shape index (κ1) is 28.9. The van der Waals surface area contributed by atoms with Gasteiger partial charge in [-0.3, -0.25) is 14.8 Å². The van der Waals surface area contributed by atoms with Crippen molar-refractivity contribution in [1.82, 2.24) is 15.1 Å². The van der Waals surface area contributed by atoms with Gasteiger partial charge in [0.05, 0.1) is 29.8 Å². The SMILES string of the molecule is CCc1ccc2c(c1)C1(CC1c1ccc3c(-c4cccc(CN5CCOCC5)c4)n[nH]c3c1)C(=O)N2.O=C(O)C(F)(F)F. The van der Waals surface area contributed by atoms with Gasteiger partial charge < -0.3 is 15.2 Å². The van der Waals surface area contributed by atoms with Gasteiger partial charge in [0.25, 0.3) is 0 Å². The van der Waals surface area contributed by atoms with Crippen LogP contribution in [0.5, 0.6) is 0 Å². The number of aromatic amines is 1. The summed E-state index contributed by atoms with van der Waals surface area (Å²) in [5.41, 5.74) is 8.60. The van der Waals surface area contributed by atoms with Crippen LogP contribution < -0.4 is 5.32 Å². The molecule has 3 N–H and O–H groups in total. The zero-order valence-electron chi connectivity index (χ0n) is 23.5. The van der Waals surface area contributed by atoms with E-state index in [-0.39, 0.29) is 11.8 Å². The predicted molar refractivity (Wildman–Crippen MR) is 155 cm³/mol. The normalized spacial score (nSPS) is 21.3. The minimum atomic E-state index is -5.08. The Kier molecular flexibility index (Phi) is 7.47. The van der Waals surface area contributed by atoms with E-state index >= 15 is 0 Å². The molecule has 2 atom stereocenters. The van der Waals surface area contributed by atoms with Crippen LogP contribution in [-0.2, 0) is 32.7 Å². The lowest BCUT2D eigenvalue weighted by molar-refractivity contribution is -0.192. The van der Waals surface area contributed by atoms with Crippen molar-refractivity contribution in [3.8, 4) is 11.3 Å². The number of alkyl halides is 3. The number of halogens is 3. The molecule has 2 aliphatic heterocycles. The van der Waals surface area contributed by atoms with Gasteiger partial charge in [-0.25, -0.2) is 4.79 Å². The van der Waals surface area contributed by atoms with Gasteiger partial charge in [0.1, 0.15) is 0 Å². The number of rotatable bonds is 5. The van der Waals surface area contributed by atoms with Crippen molar-refractivity contribution in [1.29, 1.82) is 0 Å². The van der Waals surface area contributed by atoms with E-state index in [2.05, 4.69) is 82.9 Å². The van der Waals surface area contributed by atoms with Crippen LogP contribution in [0.4, 0.5) is 18.9 Å². The largest absolute Gasteiger partial charge is 0.490 e. The molecule has 43 heavy (non-hydrogen) atoms. The Labute approximate surface area is 245 Å². The van der Waals surface area contributed by atoms with Crippen LogP contribution in [0.2, 0.25) is 0 Å². The van der Waals surface area contributed by atoms with Crippen LogP contribution in [0.1, 0.15) is 41.5 Å². The molecule has 4 aromatic rings. The zero-order valence-corrected chi connectivity index (χ0v) is 23.5. The molecule has 224 valence electrons. The van der Waals surface area contributed by atoms with E-state index in [1.165, 1.54) is 22.3 Å². The third-order valence-corrected chi connectivity index (χ3v) is 8.53. The van der Waals surface area contributed by atoms with Crippen molar-refractivity contribution >= 4 is 28.5 Å². The number of carbonyl (C=O) groups is 2. The molecule has 8 nitrogen and oxygen atoms in total. The highest BCUT2D eigenvalue weighted by Crippen LogP contribution is 2.65. The number of benzene rings is 3. The topological polar surface area (TPSA) is 108 Å². The summed E-state index contributed by atoms with van der Waals surface area (Å²) in [7, 11) is 0. The summed E-state index contributed by atoms with van der Waals surface area (Å²) >= 11 is 0. The number of carboxylic acid groups (broad SMARTS) is 1. The predicted octanol–water partition coefficient (Wildman–Crippen LogP) is 5.64.